The van der Waals surface area contributed by atoms with Gasteiger partial charge in [0, 0.05) is 13.0 Å². The van der Waals surface area contributed by atoms with Gasteiger partial charge in [-0.2, -0.15) is 0 Å². The molecule has 5 heteroatoms. The van der Waals surface area contributed by atoms with Gasteiger partial charge in [-0.1, -0.05) is 41.9 Å². The highest BCUT2D eigenvalue weighted by molar-refractivity contribution is 6.33. The first-order valence-corrected chi connectivity index (χ1v) is 7.31. The number of hydrogen-bond donors (Lipinski definition) is 2. The van der Waals surface area contributed by atoms with Gasteiger partial charge in [0.05, 0.1) is 16.7 Å². The van der Waals surface area contributed by atoms with Crippen molar-refractivity contribution in [2.45, 2.75) is 19.4 Å². The number of carbonyl (C=O) groups is 1. The van der Waals surface area contributed by atoms with Crippen molar-refractivity contribution >= 4 is 17.5 Å². The van der Waals surface area contributed by atoms with Crippen LogP contribution in [0.5, 0.6) is 0 Å². The Hall–Kier alpha value is -1.91. The molecule has 0 bridgehead atoms. The van der Waals surface area contributed by atoms with Crippen LogP contribution in [-0.4, -0.2) is 23.7 Å². The van der Waals surface area contributed by atoms with Gasteiger partial charge in [-0.3, -0.25) is 4.79 Å². The molecule has 0 saturated carbocycles. The van der Waals surface area contributed by atoms with Crippen molar-refractivity contribution in [2.75, 3.05) is 6.54 Å². The van der Waals surface area contributed by atoms with Gasteiger partial charge < -0.3 is 10.4 Å². The van der Waals surface area contributed by atoms with Crippen molar-refractivity contribution < 1.29 is 14.3 Å². The highest BCUT2D eigenvalue weighted by atomic mass is 35.5. The number of aliphatic hydroxyl groups excluding tert-OH is 1. The summed E-state index contributed by atoms with van der Waals surface area (Å²) in [6.07, 6.45) is -0.260. The fourth-order valence-corrected chi connectivity index (χ4v) is 2.33. The maximum absolute atomic E-state index is 13.3. The lowest BCUT2D eigenvalue weighted by Gasteiger charge is -2.13. The van der Waals surface area contributed by atoms with Gasteiger partial charge in [-0.25, -0.2) is 4.39 Å². The molecule has 3 nitrogen and oxygen atoms in total. The molecule has 2 rings (SSSR count). The second-order valence-corrected chi connectivity index (χ2v) is 5.54. The molecule has 0 spiro atoms. The van der Waals surface area contributed by atoms with E-state index in [-0.39, 0.29) is 17.1 Å². The molecule has 0 aliphatic rings. The Morgan fingerprint density at radius 3 is 2.68 bits per heavy atom. The van der Waals surface area contributed by atoms with E-state index in [0.717, 1.165) is 11.6 Å². The van der Waals surface area contributed by atoms with E-state index in [2.05, 4.69) is 5.32 Å². The Kier molecular flexibility index (Phi) is 5.52. The molecule has 1 atom stereocenters. The average Bonchev–Trinajstić information content (AvgIpc) is 2.49. The second kappa shape index (κ2) is 7.38. The van der Waals surface area contributed by atoms with E-state index in [1.807, 2.05) is 30.3 Å². The zero-order chi connectivity index (χ0) is 16.1. The highest BCUT2D eigenvalue weighted by Gasteiger charge is 2.14. The molecular formula is C17H17ClFNO2. The lowest BCUT2D eigenvalue weighted by molar-refractivity contribution is 0.0916. The van der Waals surface area contributed by atoms with Crippen LogP contribution in [0.3, 0.4) is 0 Å². The largest absolute Gasteiger partial charge is 0.391 e. The van der Waals surface area contributed by atoms with Crippen LogP contribution in [0.25, 0.3) is 0 Å². The van der Waals surface area contributed by atoms with Gasteiger partial charge in [0.1, 0.15) is 5.82 Å². The topological polar surface area (TPSA) is 49.3 Å². The van der Waals surface area contributed by atoms with Crippen LogP contribution in [0, 0.1) is 12.7 Å². The van der Waals surface area contributed by atoms with Crippen molar-refractivity contribution in [2.24, 2.45) is 0 Å². The lowest BCUT2D eigenvalue weighted by atomic mass is 10.1. The monoisotopic (exact) mass is 321 g/mol. The van der Waals surface area contributed by atoms with Crippen LogP contribution < -0.4 is 5.32 Å². The van der Waals surface area contributed by atoms with Gasteiger partial charge in [0.25, 0.3) is 5.91 Å². The predicted octanol–water partition coefficient (Wildman–Crippen LogP) is 3.12. The van der Waals surface area contributed by atoms with Gasteiger partial charge >= 0.3 is 0 Å². The van der Waals surface area contributed by atoms with Crippen LogP contribution in [0.2, 0.25) is 5.02 Å². The first kappa shape index (κ1) is 16.5. The third kappa shape index (κ3) is 4.29. The Bertz CT molecular complexity index is 661. The molecule has 0 saturated heterocycles. The molecule has 0 aliphatic heterocycles. The Balaban J connectivity index is 1.94. The van der Waals surface area contributed by atoms with Crippen LogP contribution in [0.15, 0.2) is 42.5 Å². The van der Waals surface area contributed by atoms with Gasteiger partial charge in [0.15, 0.2) is 0 Å². The number of hydrogen-bond acceptors (Lipinski definition) is 2. The highest BCUT2D eigenvalue weighted by Crippen LogP contribution is 2.20. The summed E-state index contributed by atoms with van der Waals surface area (Å²) in [7, 11) is 0. The van der Waals surface area contributed by atoms with Crippen LogP contribution in [0.1, 0.15) is 21.5 Å². The van der Waals surface area contributed by atoms with E-state index in [1.54, 1.807) is 6.92 Å². The van der Waals surface area contributed by atoms with E-state index >= 15 is 0 Å². The number of aryl methyl sites for hydroxylation is 1. The maximum atomic E-state index is 13.3. The SMILES string of the molecule is Cc1cc(C(=O)NCC(O)Cc2ccccc2)c(Cl)cc1F. The molecule has 2 N–H and O–H groups in total. The van der Waals surface area contributed by atoms with E-state index < -0.39 is 17.8 Å². The van der Waals surface area contributed by atoms with Crippen molar-refractivity contribution in [3.8, 4) is 0 Å². The minimum Gasteiger partial charge on any atom is -0.391 e. The Morgan fingerprint density at radius 2 is 2.00 bits per heavy atom. The summed E-state index contributed by atoms with van der Waals surface area (Å²) in [5.41, 5.74) is 1.53. The Labute approximate surface area is 133 Å². The smallest absolute Gasteiger partial charge is 0.252 e. The van der Waals surface area contributed by atoms with Crippen molar-refractivity contribution in [1.29, 1.82) is 0 Å². The van der Waals surface area contributed by atoms with E-state index in [4.69, 9.17) is 11.6 Å². The first-order chi connectivity index (χ1) is 10.5. The summed E-state index contributed by atoms with van der Waals surface area (Å²) in [6, 6.07) is 12.0. The van der Waals surface area contributed by atoms with E-state index in [0.29, 0.717) is 12.0 Å². The average molecular weight is 322 g/mol. The molecule has 2 aromatic carbocycles. The lowest BCUT2D eigenvalue weighted by Crippen LogP contribution is -2.33. The quantitative estimate of drug-likeness (QED) is 0.889. The van der Waals surface area contributed by atoms with Gasteiger partial charge in [-0.15, -0.1) is 0 Å². The van der Waals surface area contributed by atoms with Crippen LogP contribution in [0.4, 0.5) is 4.39 Å². The number of amides is 1. The summed E-state index contributed by atoms with van der Waals surface area (Å²) < 4.78 is 13.3. The minimum absolute atomic E-state index is 0.0538. The minimum atomic E-state index is -0.702. The molecule has 1 amide bonds. The molecule has 0 aliphatic carbocycles. The molecular weight excluding hydrogens is 305 g/mol. The summed E-state index contributed by atoms with van der Waals surface area (Å²) >= 11 is 5.88. The zero-order valence-electron chi connectivity index (χ0n) is 12.1. The zero-order valence-corrected chi connectivity index (χ0v) is 12.9. The maximum Gasteiger partial charge on any atom is 0.252 e. The molecule has 0 heterocycles. The third-order valence-electron chi connectivity index (χ3n) is 3.31. The molecule has 1 unspecified atom stereocenters. The van der Waals surface area contributed by atoms with Crippen molar-refractivity contribution in [1.82, 2.24) is 5.32 Å². The summed E-state index contributed by atoms with van der Waals surface area (Å²) in [5.74, 6) is -0.883. The van der Waals surface area contributed by atoms with Gasteiger partial charge in [-0.05, 0) is 30.2 Å². The van der Waals surface area contributed by atoms with Crippen LogP contribution >= 0.6 is 11.6 Å². The van der Waals surface area contributed by atoms with Crippen LogP contribution in [-0.2, 0) is 6.42 Å². The fraction of sp³-hybridized carbons (Fsp3) is 0.235. The standard InChI is InChI=1S/C17H17ClFNO2/c1-11-7-14(15(18)9-16(11)19)17(22)20-10-13(21)8-12-5-3-2-4-6-12/h2-7,9,13,21H,8,10H2,1H3,(H,20,22). The first-order valence-electron chi connectivity index (χ1n) is 6.93. The molecule has 0 aromatic heterocycles. The normalized spacial score (nSPS) is 12.0. The molecule has 22 heavy (non-hydrogen) atoms. The molecule has 0 radical (unpaired) electrons. The Morgan fingerprint density at radius 1 is 1.32 bits per heavy atom. The van der Waals surface area contributed by atoms with E-state index in [1.165, 1.54) is 6.07 Å². The fourth-order valence-electron chi connectivity index (χ4n) is 2.10. The number of benzene rings is 2. The molecule has 0 fully saturated rings. The number of halogens is 2. The summed E-state index contributed by atoms with van der Waals surface area (Å²) in [4.78, 5) is 12.1. The molecule has 2 aromatic rings. The number of nitrogens with one attached hydrogen (secondary N) is 1. The molecule has 116 valence electrons. The number of carbonyl (C=O) groups excluding carboxylic acids is 1. The summed E-state index contributed by atoms with van der Waals surface area (Å²) in [6.45, 7) is 1.66. The number of aliphatic hydroxyl groups is 1. The summed E-state index contributed by atoms with van der Waals surface area (Å²) in [5, 5.41) is 12.6. The van der Waals surface area contributed by atoms with E-state index in [9.17, 15) is 14.3 Å². The van der Waals surface area contributed by atoms with Gasteiger partial charge in [0.2, 0.25) is 0 Å². The van der Waals surface area contributed by atoms with Crippen molar-refractivity contribution in [3.05, 3.63) is 70.0 Å². The predicted molar refractivity (Wildman–Crippen MR) is 84.6 cm³/mol. The second-order valence-electron chi connectivity index (χ2n) is 5.13. The van der Waals surface area contributed by atoms with Crippen molar-refractivity contribution in [3.63, 3.8) is 0 Å². The third-order valence-corrected chi connectivity index (χ3v) is 3.62. The number of rotatable bonds is 5.